The number of carbonyl (C=O) groups is 1. The van der Waals surface area contributed by atoms with Gasteiger partial charge < -0.3 is 10.0 Å². The van der Waals surface area contributed by atoms with E-state index in [1.807, 2.05) is 12.1 Å². The fourth-order valence-electron chi connectivity index (χ4n) is 3.84. The van der Waals surface area contributed by atoms with Gasteiger partial charge >= 0.3 is 5.97 Å². The second kappa shape index (κ2) is 5.80. The zero-order valence-electron chi connectivity index (χ0n) is 14.4. The Kier molecular flexibility index (Phi) is 3.42. The molecule has 0 atom stereocenters. The predicted molar refractivity (Wildman–Crippen MR) is 101 cm³/mol. The van der Waals surface area contributed by atoms with Crippen molar-refractivity contribution in [2.45, 2.75) is 25.7 Å². The second-order valence-electron chi connectivity index (χ2n) is 7.07. The molecule has 2 aliphatic rings. The molecule has 1 aromatic heterocycles. The van der Waals surface area contributed by atoms with Crippen LogP contribution in [-0.2, 0) is 12.8 Å². The lowest BCUT2D eigenvalue weighted by Gasteiger charge is -2.31. The van der Waals surface area contributed by atoms with Crippen LogP contribution in [0, 0.1) is 0 Å². The first-order valence-corrected chi connectivity index (χ1v) is 9.11. The van der Waals surface area contributed by atoms with E-state index >= 15 is 0 Å². The highest BCUT2D eigenvalue weighted by Crippen LogP contribution is 2.34. The number of carboxylic acids is 1. The minimum absolute atomic E-state index is 0.309. The van der Waals surface area contributed by atoms with Crippen molar-refractivity contribution in [2.24, 2.45) is 0 Å². The van der Waals surface area contributed by atoms with Crippen molar-refractivity contribution < 1.29 is 9.90 Å². The van der Waals surface area contributed by atoms with Crippen molar-refractivity contribution in [2.75, 3.05) is 18.0 Å². The SMILES string of the molecule is O=C(O)c1ccc2ccc(-c3nc(N4CCC4)nc4c3CCC4)cc2c1. The van der Waals surface area contributed by atoms with Crippen LogP contribution in [0.3, 0.4) is 0 Å². The zero-order chi connectivity index (χ0) is 17.7. The predicted octanol–water partition coefficient (Wildman–Crippen LogP) is 3.69. The molecule has 0 bridgehead atoms. The number of fused-ring (bicyclic) bond motifs is 2. The molecule has 0 spiro atoms. The van der Waals surface area contributed by atoms with Crippen molar-refractivity contribution >= 4 is 22.7 Å². The first-order chi connectivity index (χ1) is 12.7. The first-order valence-electron chi connectivity index (χ1n) is 9.11. The Bertz CT molecular complexity index is 1040. The normalized spacial score (nSPS) is 15.8. The highest BCUT2D eigenvalue weighted by molar-refractivity contribution is 5.95. The largest absolute Gasteiger partial charge is 0.478 e. The van der Waals surface area contributed by atoms with Gasteiger partial charge in [-0.05, 0) is 54.7 Å². The van der Waals surface area contributed by atoms with Gasteiger partial charge in [-0.15, -0.1) is 0 Å². The number of nitrogens with zero attached hydrogens (tertiary/aromatic N) is 3. The maximum Gasteiger partial charge on any atom is 0.335 e. The highest BCUT2D eigenvalue weighted by Gasteiger charge is 2.24. The summed E-state index contributed by atoms with van der Waals surface area (Å²) in [6.45, 7) is 2.05. The van der Waals surface area contributed by atoms with E-state index < -0.39 is 5.97 Å². The van der Waals surface area contributed by atoms with Gasteiger partial charge in [0.2, 0.25) is 5.95 Å². The van der Waals surface area contributed by atoms with Gasteiger partial charge in [-0.2, -0.15) is 0 Å². The number of aryl methyl sites for hydroxylation is 1. The molecule has 3 aromatic rings. The molecule has 1 fully saturated rings. The molecular weight excluding hydrogens is 326 g/mol. The molecule has 5 nitrogen and oxygen atoms in total. The molecule has 26 heavy (non-hydrogen) atoms. The fourth-order valence-corrected chi connectivity index (χ4v) is 3.84. The summed E-state index contributed by atoms with van der Waals surface area (Å²) in [5, 5.41) is 11.2. The van der Waals surface area contributed by atoms with Gasteiger partial charge in [0.15, 0.2) is 0 Å². The number of carboxylic acid groups (broad SMARTS) is 1. The lowest BCUT2D eigenvalue weighted by molar-refractivity contribution is 0.0697. The summed E-state index contributed by atoms with van der Waals surface area (Å²) in [6.07, 6.45) is 4.35. The molecule has 2 aromatic carbocycles. The minimum Gasteiger partial charge on any atom is -0.478 e. The molecule has 0 saturated carbocycles. The summed E-state index contributed by atoms with van der Waals surface area (Å²) < 4.78 is 0. The van der Waals surface area contributed by atoms with Crippen LogP contribution in [0.2, 0.25) is 0 Å². The number of anilines is 1. The van der Waals surface area contributed by atoms with E-state index in [1.165, 1.54) is 17.7 Å². The summed E-state index contributed by atoms with van der Waals surface area (Å²) >= 11 is 0. The van der Waals surface area contributed by atoms with Crippen LogP contribution in [0.15, 0.2) is 36.4 Å². The third-order valence-corrected chi connectivity index (χ3v) is 5.42. The van der Waals surface area contributed by atoms with Crippen LogP contribution < -0.4 is 4.90 Å². The average molecular weight is 345 g/mol. The zero-order valence-corrected chi connectivity index (χ0v) is 14.4. The smallest absolute Gasteiger partial charge is 0.335 e. The Morgan fingerprint density at radius 3 is 2.58 bits per heavy atom. The molecule has 5 heteroatoms. The number of aromatic carboxylic acids is 1. The van der Waals surface area contributed by atoms with Crippen LogP contribution in [0.1, 0.15) is 34.5 Å². The van der Waals surface area contributed by atoms with E-state index in [0.29, 0.717) is 5.56 Å². The van der Waals surface area contributed by atoms with Crippen molar-refractivity contribution in [3.05, 3.63) is 53.2 Å². The Labute approximate surface area is 151 Å². The van der Waals surface area contributed by atoms with Gasteiger partial charge in [-0.1, -0.05) is 18.2 Å². The lowest BCUT2D eigenvalue weighted by Crippen LogP contribution is -2.38. The van der Waals surface area contributed by atoms with E-state index in [0.717, 1.165) is 60.3 Å². The van der Waals surface area contributed by atoms with Crippen molar-refractivity contribution in [3.8, 4) is 11.3 Å². The van der Waals surface area contributed by atoms with Crippen LogP contribution in [0.25, 0.3) is 22.0 Å². The number of rotatable bonds is 3. The third-order valence-electron chi connectivity index (χ3n) is 5.42. The van der Waals surface area contributed by atoms with Gasteiger partial charge in [0, 0.05) is 29.9 Å². The molecule has 5 rings (SSSR count). The van der Waals surface area contributed by atoms with Crippen LogP contribution in [-0.4, -0.2) is 34.1 Å². The van der Waals surface area contributed by atoms with Crippen molar-refractivity contribution in [3.63, 3.8) is 0 Å². The Balaban J connectivity index is 1.67. The summed E-state index contributed by atoms with van der Waals surface area (Å²) in [5.74, 6) is -0.0633. The maximum absolute atomic E-state index is 11.3. The molecule has 1 saturated heterocycles. The molecule has 2 heterocycles. The van der Waals surface area contributed by atoms with E-state index in [1.54, 1.807) is 12.1 Å². The van der Waals surface area contributed by atoms with Gasteiger partial charge in [-0.25, -0.2) is 14.8 Å². The lowest BCUT2D eigenvalue weighted by atomic mass is 10.00. The van der Waals surface area contributed by atoms with Crippen LogP contribution in [0.5, 0.6) is 0 Å². The molecule has 130 valence electrons. The fraction of sp³-hybridized carbons (Fsp3) is 0.286. The van der Waals surface area contributed by atoms with E-state index in [9.17, 15) is 9.90 Å². The Hall–Kier alpha value is -2.95. The van der Waals surface area contributed by atoms with Crippen LogP contribution >= 0.6 is 0 Å². The van der Waals surface area contributed by atoms with Gasteiger partial charge in [-0.3, -0.25) is 0 Å². The molecule has 1 aliphatic heterocycles. The standard InChI is InChI=1S/C21H19N3O2/c25-20(26)15-8-6-13-5-7-14(11-16(13)12-15)19-17-3-1-4-18(17)22-21(23-19)24-9-2-10-24/h5-8,11-12H,1-4,9-10H2,(H,25,26). The Morgan fingerprint density at radius 1 is 0.962 bits per heavy atom. The second-order valence-corrected chi connectivity index (χ2v) is 7.07. The number of hydrogen-bond donors (Lipinski definition) is 1. The maximum atomic E-state index is 11.3. The summed E-state index contributed by atoms with van der Waals surface area (Å²) in [6, 6.07) is 11.4. The van der Waals surface area contributed by atoms with Gasteiger partial charge in [0.05, 0.1) is 11.3 Å². The molecule has 0 unspecified atom stereocenters. The number of hydrogen-bond acceptors (Lipinski definition) is 4. The monoisotopic (exact) mass is 345 g/mol. The molecule has 0 radical (unpaired) electrons. The Morgan fingerprint density at radius 2 is 1.81 bits per heavy atom. The summed E-state index contributed by atoms with van der Waals surface area (Å²) in [7, 11) is 0. The summed E-state index contributed by atoms with van der Waals surface area (Å²) in [4.78, 5) is 23.2. The van der Waals surface area contributed by atoms with Gasteiger partial charge in [0.1, 0.15) is 0 Å². The molecular formula is C21H19N3O2. The molecule has 0 amide bonds. The topological polar surface area (TPSA) is 66.3 Å². The van der Waals surface area contributed by atoms with Crippen molar-refractivity contribution in [1.82, 2.24) is 9.97 Å². The van der Waals surface area contributed by atoms with E-state index in [2.05, 4.69) is 17.0 Å². The molecule has 1 aliphatic carbocycles. The van der Waals surface area contributed by atoms with Gasteiger partial charge in [0.25, 0.3) is 0 Å². The average Bonchev–Trinajstić information content (AvgIpc) is 3.07. The first kappa shape index (κ1) is 15.3. The summed E-state index contributed by atoms with van der Waals surface area (Å²) in [5.41, 5.74) is 4.79. The minimum atomic E-state index is -0.902. The highest BCUT2D eigenvalue weighted by atomic mass is 16.4. The number of aromatic nitrogens is 2. The number of benzene rings is 2. The third kappa shape index (κ3) is 2.43. The van der Waals surface area contributed by atoms with Crippen LogP contribution in [0.4, 0.5) is 5.95 Å². The van der Waals surface area contributed by atoms with Crippen molar-refractivity contribution in [1.29, 1.82) is 0 Å². The quantitative estimate of drug-likeness (QED) is 0.784. The molecule has 1 N–H and O–H groups in total. The van der Waals surface area contributed by atoms with E-state index in [4.69, 9.17) is 9.97 Å². The van der Waals surface area contributed by atoms with E-state index in [-0.39, 0.29) is 0 Å².